The Labute approximate surface area is 112 Å². The summed E-state index contributed by atoms with van der Waals surface area (Å²) in [7, 11) is 0. The Morgan fingerprint density at radius 1 is 1.17 bits per heavy atom. The first-order chi connectivity index (χ1) is 8.61. The summed E-state index contributed by atoms with van der Waals surface area (Å²) in [6.07, 6.45) is 0. The second kappa shape index (κ2) is 5.16. The highest BCUT2D eigenvalue weighted by Crippen LogP contribution is 2.32. The normalized spacial score (nSPS) is 10.1. The number of benzene rings is 2. The molecule has 0 aliphatic carbocycles. The van der Waals surface area contributed by atoms with Crippen molar-refractivity contribution in [2.24, 2.45) is 5.84 Å². The van der Waals surface area contributed by atoms with E-state index in [0.717, 1.165) is 21.3 Å². The Morgan fingerprint density at radius 2 is 1.83 bits per heavy atom. The fourth-order valence-electron chi connectivity index (χ4n) is 1.59. The molecule has 0 saturated heterocycles. The van der Waals surface area contributed by atoms with E-state index in [1.54, 1.807) is 18.2 Å². The molecule has 6 heteroatoms. The van der Waals surface area contributed by atoms with Crippen LogP contribution in [-0.2, 0) is 0 Å². The molecule has 0 unspecified atom stereocenters. The Kier molecular flexibility index (Phi) is 3.59. The predicted molar refractivity (Wildman–Crippen MR) is 74.0 cm³/mol. The van der Waals surface area contributed by atoms with Crippen LogP contribution in [0.3, 0.4) is 0 Å². The van der Waals surface area contributed by atoms with Gasteiger partial charge in [0.25, 0.3) is 5.69 Å². The Hall–Kier alpha value is -1.92. The van der Waals surface area contributed by atoms with Crippen LogP contribution in [0.5, 0.6) is 0 Å². The summed E-state index contributed by atoms with van der Waals surface area (Å²) in [5.74, 6) is 5.28. The number of nitrogens with one attached hydrogen (secondary N) is 1. The molecule has 0 spiro atoms. The summed E-state index contributed by atoms with van der Waals surface area (Å²) < 4.78 is 0.807. The number of hydrogen-bond donors (Lipinski definition) is 2. The van der Waals surface area contributed by atoms with Crippen LogP contribution in [-0.4, -0.2) is 4.92 Å². The highest BCUT2D eigenvalue weighted by molar-refractivity contribution is 9.10. The monoisotopic (exact) mass is 307 g/mol. The minimum Gasteiger partial charge on any atom is -0.324 e. The maximum Gasteiger partial charge on any atom is 0.270 e. The second-order valence-electron chi connectivity index (χ2n) is 3.64. The maximum atomic E-state index is 10.8. The van der Waals surface area contributed by atoms with Crippen LogP contribution < -0.4 is 11.3 Å². The summed E-state index contributed by atoms with van der Waals surface area (Å²) in [5, 5.41) is 10.8. The van der Waals surface area contributed by atoms with Crippen LogP contribution in [0, 0.1) is 10.1 Å². The van der Waals surface area contributed by atoms with Gasteiger partial charge in [-0.05, 0) is 23.8 Å². The van der Waals surface area contributed by atoms with Gasteiger partial charge in [-0.25, -0.2) is 0 Å². The third-order valence-corrected chi connectivity index (χ3v) is 3.21. The first kappa shape index (κ1) is 12.5. The lowest BCUT2D eigenvalue weighted by Gasteiger charge is -2.06. The molecule has 2 aromatic rings. The number of hydrogen-bond acceptors (Lipinski definition) is 4. The Morgan fingerprint density at radius 3 is 2.39 bits per heavy atom. The zero-order chi connectivity index (χ0) is 13.1. The number of anilines is 1. The first-order valence-electron chi connectivity index (χ1n) is 5.13. The zero-order valence-corrected chi connectivity index (χ0v) is 10.8. The van der Waals surface area contributed by atoms with Gasteiger partial charge >= 0.3 is 0 Å². The van der Waals surface area contributed by atoms with Crippen molar-refractivity contribution < 1.29 is 4.92 Å². The average Bonchev–Trinajstić information content (AvgIpc) is 2.39. The fraction of sp³-hybridized carbons (Fsp3) is 0. The molecule has 92 valence electrons. The van der Waals surface area contributed by atoms with E-state index < -0.39 is 4.92 Å². The second-order valence-corrected chi connectivity index (χ2v) is 4.50. The highest BCUT2D eigenvalue weighted by atomic mass is 79.9. The van der Waals surface area contributed by atoms with E-state index >= 15 is 0 Å². The summed E-state index contributed by atoms with van der Waals surface area (Å²) in [6, 6.07) is 12.0. The van der Waals surface area contributed by atoms with Crippen molar-refractivity contribution in [1.29, 1.82) is 0 Å². The third-order valence-electron chi connectivity index (χ3n) is 2.52. The first-order valence-corrected chi connectivity index (χ1v) is 5.92. The zero-order valence-electron chi connectivity index (χ0n) is 9.26. The lowest BCUT2D eigenvalue weighted by Crippen LogP contribution is -2.05. The van der Waals surface area contributed by atoms with Gasteiger partial charge in [0.15, 0.2) is 0 Å². The SMILES string of the molecule is NNc1ccc(-c2cc([N+](=O)[O-])ccc2Br)cc1. The van der Waals surface area contributed by atoms with Crippen molar-refractivity contribution in [2.45, 2.75) is 0 Å². The molecule has 0 radical (unpaired) electrons. The topological polar surface area (TPSA) is 81.2 Å². The quantitative estimate of drug-likeness (QED) is 0.518. The lowest BCUT2D eigenvalue weighted by atomic mass is 10.0. The van der Waals surface area contributed by atoms with E-state index in [1.807, 2.05) is 12.1 Å². The molecule has 18 heavy (non-hydrogen) atoms. The molecule has 0 aromatic heterocycles. The molecule has 0 aliphatic heterocycles. The Bertz CT molecular complexity index is 584. The molecule has 2 rings (SSSR count). The molecule has 2 aromatic carbocycles. The van der Waals surface area contributed by atoms with Crippen LogP contribution in [0.1, 0.15) is 0 Å². The van der Waals surface area contributed by atoms with Gasteiger partial charge in [-0.2, -0.15) is 0 Å². The third kappa shape index (κ3) is 2.49. The van der Waals surface area contributed by atoms with E-state index in [2.05, 4.69) is 21.4 Å². The number of hydrazine groups is 1. The Balaban J connectivity index is 2.48. The van der Waals surface area contributed by atoms with Gasteiger partial charge in [0.05, 0.1) is 4.92 Å². The van der Waals surface area contributed by atoms with E-state index in [1.165, 1.54) is 12.1 Å². The van der Waals surface area contributed by atoms with Crippen molar-refractivity contribution in [3.63, 3.8) is 0 Å². The highest BCUT2D eigenvalue weighted by Gasteiger charge is 2.10. The summed E-state index contributed by atoms with van der Waals surface area (Å²) in [6.45, 7) is 0. The number of nitro benzene ring substituents is 1. The van der Waals surface area contributed by atoms with Crippen molar-refractivity contribution in [2.75, 3.05) is 5.43 Å². The van der Waals surface area contributed by atoms with E-state index in [9.17, 15) is 10.1 Å². The minimum atomic E-state index is -0.411. The minimum absolute atomic E-state index is 0.0641. The summed E-state index contributed by atoms with van der Waals surface area (Å²) in [4.78, 5) is 10.3. The molecule has 0 atom stereocenters. The summed E-state index contributed by atoms with van der Waals surface area (Å²) in [5.41, 5.74) is 5.02. The van der Waals surface area contributed by atoms with Crippen LogP contribution in [0.4, 0.5) is 11.4 Å². The van der Waals surface area contributed by atoms with Crippen LogP contribution in [0.15, 0.2) is 46.9 Å². The van der Waals surface area contributed by atoms with Crippen molar-refractivity contribution in [3.8, 4) is 11.1 Å². The van der Waals surface area contributed by atoms with Crippen molar-refractivity contribution >= 4 is 27.3 Å². The maximum absolute atomic E-state index is 10.8. The lowest BCUT2D eigenvalue weighted by molar-refractivity contribution is -0.384. The van der Waals surface area contributed by atoms with Crippen molar-refractivity contribution in [1.82, 2.24) is 0 Å². The smallest absolute Gasteiger partial charge is 0.270 e. The molecule has 0 fully saturated rings. The van der Waals surface area contributed by atoms with Crippen LogP contribution >= 0.6 is 15.9 Å². The van der Waals surface area contributed by atoms with Gasteiger partial charge in [-0.3, -0.25) is 16.0 Å². The van der Waals surface area contributed by atoms with Crippen molar-refractivity contribution in [3.05, 3.63) is 57.1 Å². The molecular weight excluding hydrogens is 298 g/mol. The molecule has 0 aliphatic rings. The van der Waals surface area contributed by atoms with Gasteiger partial charge in [-0.15, -0.1) is 0 Å². The van der Waals surface area contributed by atoms with Gasteiger partial charge < -0.3 is 5.43 Å². The van der Waals surface area contributed by atoms with E-state index in [-0.39, 0.29) is 5.69 Å². The number of non-ortho nitro benzene ring substituents is 1. The molecule has 5 nitrogen and oxygen atoms in total. The van der Waals surface area contributed by atoms with E-state index in [0.29, 0.717) is 0 Å². The number of halogens is 1. The van der Waals surface area contributed by atoms with E-state index in [4.69, 9.17) is 5.84 Å². The number of rotatable bonds is 3. The molecular formula is C12H10BrN3O2. The number of nitro groups is 1. The van der Waals surface area contributed by atoms with Gasteiger partial charge in [0, 0.05) is 27.9 Å². The largest absolute Gasteiger partial charge is 0.324 e. The van der Waals surface area contributed by atoms with Gasteiger partial charge in [-0.1, -0.05) is 28.1 Å². The van der Waals surface area contributed by atoms with Gasteiger partial charge in [0.1, 0.15) is 0 Å². The fourth-order valence-corrected chi connectivity index (χ4v) is 2.07. The molecule has 0 heterocycles. The molecule has 0 saturated carbocycles. The standard InChI is InChI=1S/C12H10BrN3O2/c13-12-6-5-10(16(17)18)7-11(12)8-1-3-9(15-14)4-2-8/h1-7,15H,14H2. The molecule has 3 N–H and O–H groups in total. The van der Waals surface area contributed by atoms with Crippen LogP contribution in [0.25, 0.3) is 11.1 Å². The number of nitrogens with zero attached hydrogens (tertiary/aromatic N) is 1. The van der Waals surface area contributed by atoms with Gasteiger partial charge in [0.2, 0.25) is 0 Å². The molecule has 0 amide bonds. The number of nitrogens with two attached hydrogens (primary N) is 1. The average molecular weight is 308 g/mol. The summed E-state index contributed by atoms with van der Waals surface area (Å²) >= 11 is 3.39. The predicted octanol–water partition coefficient (Wildman–Crippen LogP) is 3.31. The molecule has 0 bridgehead atoms. The number of nitrogen functional groups attached to an aromatic ring is 1. The van der Waals surface area contributed by atoms with Crippen LogP contribution in [0.2, 0.25) is 0 Å².